The molecule has 1 saturated heterocycles. The van der Waals surface area contributed by atoms with Gasteiger partial charge in [0.05, 0.1) is 28.4 Å². The van der Waals surface area contributed by atoms with E-state index in [9.17, 15) is 4.21 Å². The molecule has 0 unspecified atom stereocenters. The summed E-state index contributed by atoms with van der Waals surface area (Å²) in [7, 11) is -1.17. The summed E-state index contributed by atoms with van der Waals surface area (Å²) in [5.74, 6) is -0.595. The zero-order valence-corrected chi connectivity index (χ0v) is 14.2. The molecular formula is C16H25NO3S. The highest BCUT2D eigenvalue weighted by Gasteiger charge is 2.39. The number of hydrogen-bond donors (Lipinski definition) is 1. The van der Waals surface area contributed by atoms with E-state index in [2.05, 4.69) is 4.72 Å². The molecule has 1 fully saturated rings. The summed E-state index contributed by atoms with van der Waals surface area (Å²) in [6, 6.07) is 9.80. The summed E-state index contributed by atoms with van der Waals surface area (Å²) in [5, 5.41) is 0. The summed E-state index contributed by atoms with van der Waals surface area (Å²) in [6.45, 7) is 10.1. The van der Waals surface area contributed by atoms with E-state index in [1.807, 2.05) is 65.0 Å². The quantitative estimate of drug-likeness (QED) is 0.930. The summed E-state index contributed by atoms with van der Waals surface area (Å²) in [5.41, 5.74) is 1.06. The smallest absolute Gasteiger partial charge is 0.163 e. The summed E-state index contributed by atoms with van der Waals surface area (Å²) < 4.78 is 27.0. The van der Waals surface area contributed by atoms with E-state index < -0.39 is 16.8 Å². The lowest BCUT2D eigenvalue weighted by atomic mass is 10.0. The molecule has 1 heterocycles. The molecule has 0 spiro atoms. The highest BCUT2D eigenvalue weighted by molar-refractivity contribution is 7.84. The number of hydrogen-bond acceptors (Lipinski definition) is 3. The molecule has 1 aliphatic heterocycles. The summed E-state index contributed by atoms with van der Waals surface area (Å²) >= 11 is 0. The Labute approximate surface area is 129 Å². The lowest BCUT2D eigenvalue weighted by molar-refractivity contribution is -0.141. The molecule has 0 aliphatic carbocycles. The molecule has 1 aliphatic rings. The Bertz CT molecular complexity index is 496. The Balaban J connectivity index is 2.22. The van der Waals surface area contributed by atoms with Gasteiger partial charge >= 0.3 is 0 Å². The Morgan fingerprint density at radius 3 is 2.38 bits per heavy atom. The first-order valence-corrected chi connectivity index (χ1v) is 8.39. The molecule has 1 aromatic carbocycles. The first kappa shape index (κ1) is 16.6. The topological polar surface area (TPSA) is 47.6 Å². The Morgan fingerprint density at radius 1 is 1.29 bits per heavy atom. The van der Waals surface area contributed by atoms with Gasteiger partial charge in [0.2, 0.25) is 0 Å². The molecule has 0 radical (unpaired) electrons. The minimum Gasteiger partial charge on any atom is -0.348 e. The van der Waals surface area contributed by atoms with Gasteiger partial charge in [0.25, 0.3) is 0 Å². The van der Waals surface area contributed by atoms with Crippen LogP contribution in [-0.4, -0.2) is 27.5 Å². The van der Waals surface area contributed by atoms with Crippen molar-refractivity contribution in [3.05, 3.63) is 35.9 Å². The third-order valence-electron chi connectivity index (χ3n) is 3.35. The van der Waals surface area contributed by atoms with Gasteiger partial charge in [0.1, 0.15) is 6.10 Å². The van der Waals surface area contributed by atoms with Crippen molar-refractivity contribution >= 4 is 11.0 Å². The van der Waals surface area contributed by atoms with Crippen LogP contribution in [-0.2, 0) is 20.5 Å². The fraction of sp³-hybridized carbons (Fsp3) is 0.625. The highest BCUT2D eigenvalue weighted by atomic mass is 32.2. The maximum Gasteiger partial charge on any atom is 0.163 e. The minimum atomic E-state index is -1.17. The second-order valence-electron chi connectivity index (χ2n) is 6.75. The molecule has 0 bridgehead atoms. The lowest BCUT2D eigenvalue weighted by Crippen LogP contribution is -2.41. The van der Waals surface area contributed by atoms with Crippen LogP contribution in [0.2, 0.25) is 0 Å². The molecule has 1 aromatic rings. The number of rotatable bonds is 4. The Kier molecular flexibility index (Phi) is 4.88. The second kappa shape index (κ2) is 6.16. The average molecular weight is 311 g/mol. The van der Waals surface area contributed by atoms with Gasteiger partial charge in [-0.05, 0) is 40.2 Å². The monoisotopic (exact) mass is 311 g/mol. The molecule has 5 heteroatoms. The predicted octanol–water partition coefficient (Wildman–Crippen LogP) is 2.93. The van der Waals surface area contributed by atoms with Gasteiger partial charge in [-0.25, -0.2) is 8.93 Å². The van der Waals surface area contributed by atoms with Crippen molar-refractivity contribution in [1.82, 2.24) is 4.72 Å². The zero-order chi connectivity index (χ0) is 15.7. The van der Waals surface area contributed by atoms with E-state index in [4.69, 9.17) is 9.47 Å². The second-order valence-corrected chi connectivity index (χ2v) is 8.75. The van der Waals surface area contributed by atoms with Crippen molar-refractivity contribution in [3.8, 4) is 0 Å². The van der Waals surface area contributed by atoms with E-state index >= 15 is 0 Å². The summed E-state index contributed by atoms with van der Waals surface area (Å²) in [6.07, 6.45) is -0.159. The number of ether oxygens (including phenoxy) is 2. The number of benzene rings is 1. The minimum absolute atomic E-state index is 0.159. The molecular weight excluding hydrogens is 286 g/mol. The van der Waals surface area contributed by atoms with E-state index in [0.717, 1.165) is 5.56 Å². The van der Waals surface area contributed by atoms with Gasteiger partial charge < -0.3 is 9.47 Å². The zero-order valence-electron chi connectivity index (χ0n) is 13.4. The van der Waals surface area contributed by atoms with Crippen LogP contribution in [0.25, 0.3) is 0 Å². The maximum absolute atomic E-state index is 12.5. The molecule has 0 saturated carbocycles. The third kappa shape index (κ3) is 4.36. The van der Waals surface area contributed by atoms with Gasteiger partial charge in [0.15, 0.2) is 5.79 Å². The van der Waals surface area contributed by atoms with Gasteiger partial charge in [0, 0.05) is 0 Å². The molecule has 0 aromatic heterocycles. The van der Waals surface area contributed by atoms with Gasteiger partial charge in [-0.2, -0.15) is 0 Å². The van der Waals surface area contributed by atoms with Crippen molar-refractivity contribution < 1.29 is 13.7 Å². The molecule has 118 valence electrons. The third-order valence-corrected chi connectivity index (χ3v) is 4.93. The molecule has 4 nitrogen and oxygen atoms in total. The van der Waals surface area contributed by atoms with Crippen LogP contribution in [0.15, 0.2) is 30.3 Å². The van der Waals surface area contributed by atoms with Gasteiger partial charge in [-0.1, -0.05) is 30.3 Å². The average Bonchev–Trinajstić information content (AvgIpc) is 2.75. The summed E-state index contributed by atoms with van der Waals surface area (Å²) in [4.78, 5) is 0. The highest BCUT2D eigenvalue weighted by Crippen LogP contribution is 2.31. The molecule has 1 N–H and O–H groups in total. The van der Waals surface area contributed by atoms with E-state index in [-0.39, 0.29) is 16.9 Å². The fourth-order valence-electron chi connectivity index (χ4n) is 2.19. The Morgan fingerprint density at radius 2 is 1.90 bits per heavy atom. The van der Waals surface area contributed by atoms with Crippen LogP contribution in [0.3, 0.4) is 0 Å². The predicted molar refractivity (Wildman–Crippen MR) is 85.1 cm³/mol. The van der Waals surface area contributed by atoms with Gasteiger partial charge in [-0.15, -0.1) is 0 Å². The van der Waals surface area contributed by atoms with Crippen LogP contribution in [0.1, 0.15) is 46.2 Å². The van der Waals surface area contributed by atoms with Gasteiger partial charge in [-0.3, -0.25) is 0 Å². The molecule has 0 amide bonds. The van der Waals surface area contributed by atoms with Crippen LogP contribution in [0.4, 0.5) is 0 Å². The Hall–Kier alpha value is -0.750. The van der Waals surface area contributed by atoms with Crippen molar-refractivity contribution in [2.75, 3.05) is 6.61 Å². The number of nitrogens with one attached hydrogen (secondary N) is 1. The molecule has 2 rings (SSSR count). The van der Waals surface area contributed by atoms with Crippen molar-refractivity contribution in [1.29, 1.82) is 0 Å². The van der Waals surface area contributed by atoms with Crippen molar-refractivity contribution in [2.24, 2.45) is 0 Å². The van der Waals surface area contributed by atoms with Crippen LogP contribution < -0.4 is 4.72 Å². The van der Waals surface area contributed by atoms with E-state index in [1.165, 1.54) is 0 Å². The van der Waals surface area contributed by atoms with Crippen molar-refractivity contribution in [2.45, 2.75) is 57.3 Å². The molecule has 3 atom stereocenters. The standard InChI is InChI=1S/C16H25NO3S/c1-15(2,3)21(18)17-14(12-9-7-6-8-10-12)13-11-19-16(4,5)20-13/h6-10,13-14,17H,11H2,1-5H3/t13-,14+,21+/m1/s1. The van der Waals surface area contributed by atoms with Crippen LogP contribution >= 0.6 is 0 Å². The fourth-order valence-corrected chi connectivity index (χ4v) is 3.06. The van der Waals surface area contributed by atoms with Crippen LogP contribution in [0, 0.1) is 0 Å². The molecule has 21 heavy (non-hydrogen) atoms. The van der Waals surface area contributed by atoms with Crippen LogP contribution in [0.5, 0.6) is 0 Å². The van der Waals surface area contributed by atoms with E-state index in [1.54, 1.807) is 0 Å². The maximum atomic E-state index is 12.5. The largest absolute Gasteiger partial charge is 0.348 e. The SMILES string of the molecule is CC1(C)OC[C@H]([C@@H](N[S@@](=O)C(C)(C)C)c2ccccc2)O1. The normalized spacial score (nSPS) is 24.7. The first-order valence-electron chi connectivity index (χ1n) is 7.24. The first-order chi connectivity index (χ1) is 9.69. The van der Waals surface area contributed by atoms with Crippen molar-refractivity contribution in [3.63, 3.8) is 0 Å². The lowest BCUT2D eigenvalue weighted by Gasteiger charge is -2.28. The van der Waals surface area contributed by atoms with E-state index in [0.29, 0.717) is 6.61 Å².